The lowest BCUT2D eigenvalue weighted by atomic mass is 9.92. The van der Waals surface area contributed by atoms with Crippen molar-refractivity contribution >= 4 is 21.4 Å². The second-order valence-electron chi connectivity index (χ2n) is 6.42. The molecule has 1 N–H and O–H groups in total. The van der Waals surface area contributed by atoms with Gasteiger partial charge in [0.05, 0.1) is 30.6 Å². The number of β-amino-alcohol motifs (C(OH)–C–C–N with tert-alkyl or cyclic N) is 1. The first kappa shape index (κ1) is 12.9. The summed E-state index contributed by atoms with van der Waals surface area (Å²) >= 11 is 1.58. The van der Waals surface area contributed by atoms with Crippen LogP contribution in [0.4, 0.5) is 5.13 Å². The maximum absolute atomic E-state index is 10.0. The predicted octanol–water partition coefficient (Wildman–Crippen LogP) is 2.05. The van der Waals surface area contributed by atoms with Crippen molar-refractivity contribution in [2.24, 2.45) is 0 Å². The summed E-state index contributed by atoms with van der Waals surface area (Å²) in [5, 5.41) is 15.5. The van der Waals surface area contributed by atoms with E-state index in [2.05, 4.69) is 35.8 Å². The molecule has 0 unspecified atom stereocenters. The molecule has 0 spiro atoms. The van der Waals surface area contributed by atoms with Crippen LogP contribution in [-0.4, -0.2) is 38.4 Å². The number of fused-ring (bicyclic) bond motifs is 1. The van der Waals surface area contributed by atoms with Crippen LogP contribution in [-0.2, 0) is 5.41 Å². The van der Waals surface area contributed by atoms with Crippen LogP contribution in [0, 0.1) is 0 Å². The number of imidazole rings is 1. The topological polar surface area (TPSA) is 53.7 Å². The molecule has 5 nitrogen and oxygen atoms in total. The minimum Gasteiger partial charge on any atom is -0.386 e. The Bertz CT molecular complexity index is 572. The Hall–Kier alpha value is -1.14. The summed E-state index contributed by atoms with van der Waals surface area (Å²) in [6, 6.07) is 0. The average molecular weight is 280 g/mol. The maximum Gasteiger partial charge on any atom is 0.214 e. The van der Waals surface area contributed by atoms with E-state index in [9.17, 15) is 5.11 Å². The van der Waals surface area contributed by atoms with E-state index in [1.807, 2.05) is 17.6 Å². The fraction of sp³-hybridized carbons (Fsp3) is 0.692. The van der Waals surface area contributed by atoms with Gasteiger partial charge in [-0.2, -0.15) is 0 Å². The summed E-state index contributed by atoms with van der Waals surface area (Å²) in [6.45, 7) is 9.81. The number of anilines is 1. The van der Waals surface area contributed by atoms with Crippen LogP contribution in [0.15, 0.2) is 6.20 Å². The van der Waals surface area contributed by atoms with Crippen molar-refractivity contribution in [3.8, 4) is 0 Å². The molecule has 1 fully saturated rings. The number of aliphatic hydroxyl groups is 1. The Morgan fingerprint density at radius 2 is 2.11 bits per heavy atom. The Labute approximate surface area is 116 Å². The molecule has 1 aliphatic heterocycles. The van der Waals surface area contributed by atoms with E-state index in [-0.39, 0.29) is 5.41 Å². The SMILES string of the molecule is CCC1(O)CN(c2nn3cc(C(C)(C)C)nc3s2)C1. The largest absolute Gasteiger partial charge is 0.386 e. The van der Waals surface area contributed by atoms with Gasteiger partial charge in [-0.1, -0.05) is 39.0 Å². The minimum absolute atomic E-state index is 0.0484. The number of nitrogens with zero attached hydrogens (tertiary/aromatic N) is 4. The number of hydrogen-bond acceptors (Lipinski definition) is 5. The monoisotopic (exact) mass is 280 g/mol. The van der Waals surface area contributed by atoms with Crippen molar-refractivity contribution in [1.29, 1.82) is 0 Å². The highest BCUT2D eigenvalue weighted by atomic mass is 32.1. The normalized spacial score (nSPS) is 18.9. The van der Waals surface area contributed by atoms with Crippen molar-refractivity contribution < 1.29 is 5.11 Å². The first-order chi connectivity index (χ1) is 8.81. The zero-order chi connectivity index (χ0) is 13.8. The third-order valence-corrected chi connectivity index (χ3v) is 4.68. The van der Waals surface area contributed by atoms with Crippen molar-refractivity contribution in [2.45, 2.75) is 45.1 Å². The van der Waals surface area contributed by atoms with Crippen LogP contribution in [0.1, 0.15) is 39.8 Å². The molecular formula is C13H20N4OS. The van der Waals surface area contributed by atoms with Gasteiger partial charge in [-0.05, 0) is 6.42 Å². The van der Waals surface area contributed by atoms with Crippen molar-refractivity contribution in [2.75, 3.05) is 18.0 Å². The summed E-state index contributed by atoms with van der Waals surface area (Å²) < 4.78 is 1.85. The molecule has 0 radical (unpaired) electrons. The molecule has 1 aliphatic rings. The van der Waals surface area contributed by atoms with Crippen LogP contribution in [0.2, 0.25) is 0 Å². The predicted molar refractivity (Wildman–Crippen MR) is 77.0 cm³/mol. The van der Waals surface area contributed by atoms with Gasteiger partial charge in [-0.15, -0.1) is 5.10 Å². The molecular weight excluding hydrogens is 260 g/mol. The molecule has 0 atom stereocenters. The second-order valence-corrected chi connectivity index (χ2v) is 7.36. The average Bonchev–Trinajstić information content (AvgIpc) is 2.80. The quantitative estimate of drug-likeness (QED) is 0.915. The highest BCUT2D eigenvalue weighted by molar-refractivity contribution is 7.20. The zero-order valence-corrected chi connectivity index (χ0v) is 12.7. The molecule has 2 aromatic rings. The summed E-state index contributed by atoms with van der Waals surface area (Å²) in [6.07, 6.45) is 2.79. The van der Waals surface area contributed by atoms with Crippen LogP contribution in [0.5, 0.6) is 0 Å². The van der Waals surface area contributed by atoms with E-state index in [1.165, 1.54) is 0 Å². The van der Waals surface area contributed by atoms with Gasteiger partial charge >= 0.3 is 0 Å². The number of hydrogen-bond donors (Lipinski definition) is 1. The van der Waals surface area contributed by atoms with Gasteiger partial charge in [0.25, 0.3) is 0 Å². The highest BCUT2D eigenvalue weighted by Gasteiger charge is 2.41. The van der Waals surface area contributed by atoms with Crippen molar-refractivity contribution in [1.82, 2.24) is 14.6 Å². The third kappa shape index (κ3) is 2.12. The Morgan fingerprint density at radius 3 is 2.63 bits per heavy atom. The summed E-state index contributed by atoms with van der Waals surface area (Å²) in [5.74, 6) is 0. The molecule has 6 heteroatoms. The van der Waals surface area contributed by atoms with E-state index in [0.717, 1.165) is 22.2 Å². The summed E-state index contributed by atoms with van der Waals surface area (Å²) in [5.41, 5.74) is 0.586. The standard InChI is InChI=1S/C13H20N4OS/c1-5-13(18)7-16(8-13)11-15-17-6-9(12(2,3)4)14-10(17)19-11/h6,18H,5,7-8H2,1-4H3. The van der Waals surface area contributed by atoms with Crippen LogP contribution >= 0.6 is 11.3 Å². The van der Waals surface area contributed by atoms with E-state index < -0.39 is 5.60 Å². The minimum atomic E-state index is -0.523. The van der Waals surface area contributed by atoms with Crippen LogP contribution < -0.4 is 4.90 Å². The van der Waals surface area contributed by atoms with E-state index in [4.69, 9.17) is 0 Å². The van der Waals surface area contributed by atoms with Crippen molar-refractivity contribution in [3.63, 3.8) is 0 Å². The zero-order valence-electron chi connectivity index (χ0n) is 11.8. The van der Waals surface area contributed by atoms with E-state index >= 15 is 0 Å². The Balaban J connectivity index is 1.83. The van der Waals surface area contributed by atoms with Crippen LogP contribution in [0.25, 0.3) is 4.96 Å². The Morgan fingerprint density at radius 1 is 1.42 bits per heavy atom. The lowest BCUT2D eigenvalue weighted by Crippen LogP contribution is -2.61. The second kappa shape index (κ2) is 3.93. The third-order valence-electron chi connectivity index (χ3n) is 3.70. The summed E-state index contributed by atoms with van der Waals surface area (Å²) in [7, 11) is 0. The molecule has 19 heavy (non-hydrogen) atoms. The molecule has 0 amide bonds. The van der Waals surface area contributed by atoms with Crippen LogP contribution in [0.3, 0.4) is 0 Å². The van der Waals surface area contributed by atoms with Gasteiger partial charge in [0, 0.05) is 5.41 Å². The van der Waals surface area contributed by atoms with Gasteiger partial charge in [0.2, 0.25) is 10.1 Å². The maximum atomic E-state index is 10.0. The van der Waals surface area contributed by atoms with Gasteiger partial charge in [0.15, 0.2) is 0 Å². The first-order valence-corrected chi connectivity index (χ1v) is 7.46. The molecule has 0 saturated carbocycles. The molecule has 0 bridgehead atoms. The highest BCUT2D eigenvalue weighted by Crippen LogP contribution is 2.33. The molecule has 3 rings (SSSR count). The lowest BCUT2D eigenvalue weighted by Gasteiger charge is -2.45. The molecule has 1 saturated heterocycles. The molecule has 0 aliphatic carbocycles. The fourth-order valence-corrected chi connectivity index (χ4v) is 3.08. The van der Waals surface area contributed by atoms with Gasteiger partial charge < -0.3 is 10.0 Å². The molecule has 2 aromatic heterocycles. The molecule has 3 heterocycles. The lowest BCUT2D eigenvalue weighted by molar-refractivity contribution is 0.00842. The molecule has 104 valence electrons. The number of aromatic nitrogens is 3. The van der Waals surface area contributed by atoms with Crippen molar-refractivity contribution in [3.05, 3.63) is 11.9 Å². The smallest absolute Gasteiger partial charge is 0.214 e. The van der Waals surface area contributed by atoms with Gasteiger partial charge in [-0.25, -0.2) is 9.50 Å². The number of rotatable bonds is 2. The van der Waals surface area contributed by atoms with E-state index in [0.29, 0.717) is 13.1 Å². The Kier molecular flexibility index (Phi) is 2.66. The first-order valence-electron chi connectivity index (χ1n) is 6.65. The van der Waals surface area contributed by atoms with Gasteiger partial charge in [0.1, 0.15) is 0 Å². The molecule has 0 aromatic carbocycles. The van der Waals surface area contributed by atoms with E-state index in [1.54, 1.807) is 11.3 Å². The van der Waals surface area contributed by atoms with Gasteiger partial charge in [-0.3, -0.25) is 0 Å². The summed E-state index contributed by atoms with van der Waals surface area (Å²) in [4.78, 5) is 7.67. The fourth-order valence-electron chi connectivity index (χ4n) is 2.20.